The van der Waals surface area contributed by atoms with E-state index in [4.69, 9.17) is 11.6 Å². The molecule has 2 aliphatic rings. The first-order valence-corrected chi connectivity index (χ1v) is 12.7. The Kier molecular flexibility index (Phi) is 5.28. The van der Waals surface area contributed by atoms with Crippen LogP contribution < -0.4 is 0 Å². The fourth-order valence-corrected chi connectivity index (χ4v) is 6.08. The number of hydrogen-bond acceptors (Lipinski definition) is 4. The molecule has 3 heterocycles. The Balaban J connectivity index is 1.46. The van der Waals surface area contributed by atoms with E-state index in [0.717, 1.165) is 34.1 Å². The highest BCUT2D eigenvalue weighted by Crippen LogP contribution is 2.32. The first-order valence-electron chi connectivity index (χ1n) is 10.5. The molecule has 1 fully saturated rings. The highest BCUT2D eigenvalue weighted by atomic mass is 35.5. The quantitative estimate of drug-likeness (QED) is 0.655. The number of benzene rings is 2. The summed E-state index contributed by atoms with van der Waals surface area (Å²) in [5, 5.41) is 1.73. The number of carbonyl (C=O) groups excluding carboxylic acids is 1. The summed E-state index contributed by atoms with van der Waals surface area (Å²) in [6, 6.07) is 15.0. The van der Waals surface area contributed by atoms with E-state index in [0.29, 0.717) is 31.2 Å². The lowest BCUT2D eigenvalue weighted by atomic mass is 10.00. The minimum atomic E-state index is -3.03. The molecule has 162 valence electrons. The molecule has 0 bridgehead atoms. The predicted octanol–water partition coefficient (Wildman–Crippen LogP) is 3.18. The van der Waals surface area contributed by atoms with Crippen molar-refractivity contribution in [2.45, 2.75) is 19.0 Å². The number of nitrogens with zero attached hydrogens (tertiary/aromatic N) is 2. The van der Waals surface area contributed by atoms with E-state index in [9.17, 15) is 13.2 Å². The molecule has 3 aromatic rings. The number of amides is 1. The third kappa shape index (κ3) is 3.97. The molecule has 0 saturated carbocycles. The van der Waals surface area contributed by atoms with E-state index in [1.807, 2.05) is 58.3 Å². The largest absolute Gasteiger partial charge is 0.358 e. The number of aromatic amines is 1. The summed E-state index contributed by atoms with van der Waals surface area (Å²) in [6.45, 7) is 1.89. The third-order valence-electron chi connectivity index (χ3n) is 6.34. The van der Waals surface area contributed by atoms with Gasteiger partial charge in [-0.1, -0.05) is 41.9 Å². The SMILES string of the molecule is O=C(C(c1ccccc1)N1CCS(=O)(=O)CC1)N1CCc2[nH]c3ccc(Cl)cc3c2C1. The van der Waals surface area contributed by atoms with E-state index in [1.54, 1.807) is 0 Å². The van der Waals surface area contributed by atoms with Crippen molar-refractivity contribution in [2.75, 3.05) is 31.1 Å². The first kappa shape index (κ1) is 20.5. The molecule has 1 atom stereocenters. The lowest BCUT2D eigenvalue weighted by Gasteiger charge is -2.38. The molecule has 1 amide bonds. The molecule has 0 spiro atoms. The maximum atomic E-state index is 13.8. The Bertz CT molecular complexity index is 1230. The van der Waals surface area contributed by atoms with E-state index < -0.39 is 15.9 Å². The number of H-pyrrole nitrogens is 1. The lowest BCUT2D eigenvalue weighted by molar-refractivity contribution is -0.138. The van der Waals surface area contributed by atoms with Gasteiger partial charge in [0.05, 0.1) is 11.5 Å². The van der Waals surface area contributed by atoms with Gasteiger partial charge in [0.15, 0.2) is 9.84 Å². The summed E-state index contributed by atoms with van der Waals surface area (Å²) in [5.74, 6) is 0.205. The van der Waals surface area contributed by atoms with Gasteiger partial charge in [0, 0.05) is 59.8 Å². The summed E-state index contributed by atoms with van der Waals surface area (Å²) in [5.41, 5.74) is 4.20. The molecule has 2 aliphatic heterocycles. The van der Waals surface area contributed by atoms with Crippen LogP contribution in [0.2, 0.25) is 5.02 Å². The average molecular weight is 458 g/mol. The van der Waals surface area contributed by atoms with Crippen molar-refractivity contribution in [3.8, 4) is 0 Å². The van der Waals surface area contributed by atoms with Crippen LogP contribution in [0.5, 0.6) is 0 Å². The van der Waals surface area contributed by atoms with Crippen molar-refractivity contribution >= 4 is 38.2 Å². The second-order valence-corrected chi connectivity index (χ2v) is 11.0. The van der Waals surface area contributed by atoms with Crippen LogP contribution in [-0.4, -0.2) is 60.2 Å². The molecule has 0 aliphatic carbocycles. The van der Waals surface area contributed by atoms with Gasteiger partial charge in [-0.2, -0.15) is 0 Å². The highest BCUT2D eigenvalue weighted by molar-refractivity contribution is 7.91. The summed E-state index contributed by atoms with van der Waals surface area (Å²) in [7, 11) is -3.03. The Labute approximate surface area is 186 Å². The van der Waals surface area contributed by atoms with Crippen molar-refractivity contribution in [1.82, 2.24) is 14.8 Å². The molecule has 1 saturated heterocycles. The van der Waals surface area contributed by atoms with E-state index >= 15 is 0 Å². The van der Waals surface area contributed by atoms with E-state index in [-0.39, 0.29) is 17.4 Å². The summed E-state index contributed by atoms with van der Waals surface area (Å²) in [4.78, 5) is 21.2. The molecule has 1 unspecified atom stereocenters. The Morgan fingerprint density at radius 2 is 1.77 bits per heavy atom. The van der Waals surface area contributed by atoms with Crippen LogP contribution in [0.1, 0.15) is 22.9 Å². The molecule has 1 aromatic heterocycles. The van der Waals surface area contributed by atoms with Gasteiger partial charge in [-0.25, -0.2) is 8.42 Å². The van der Waals surface area contributed by atoms with Crippen molar-refractivity contribution in [2.24, 2.45) is 0 Å². The first-order chi connectivity index (χ1) is 14.9. The number of nitrogens with one attached hydrogen (secondary N) is 1. The number of halogens is 1. The number of carbonyl (C=O) groups is 1. The van der Waals surface area contributed by atoms with Gasteiger partial charge in [-0.15, -0.1) is 0 Å². The van der Waals surface area contributed by atoms with Gasteiger partial charge in [-0.3, -0.25) is 9.69 Å². The van der Waals surface area contributed by atoms with Crippen molar-refractivity contribution in [3.63, 3.8) is 0 Å². The van der Waals surface area contributed by atoms with Crippen LogP contribution in [0, 0.1) is 0 Å². The molecular formula is C23H24ClN3O3S. The average Bonchev–Trinajstić information content (AvgIpc) is 3.13. The minimum absolute atomic E-state index is 0.0209. The summed E-state index contributed by atoms with van der Waals surface area (Å²) < 4.78 is 23.9. The van der Waals surface area contributed by atoms with Gasteiger partial charge in [-0.05, 0) is 23.8 Å². The van der Waals surface area contributed by atoms with Crippen molar-refractivity contribution in [1.29, 1.82) is 0 Å². The molecule has 31 heavy (non-hydrogen) atoms. The van der Waals surface area contributed by atoms with E-state index in [2.05, 4.69) is 4.98 Å². The van der Waals surface area contributed by atoms with Crippen LogP contribution in [0.4, 0.5) is 0 Å². The van der Waals surface area contributed by atoms with Gasteiger partial charge in [0.2, 0.25) is 5.91 Å². The Hall–Kier alpha value is -2.35. The van der Waals surface area contributed by atoms with Crippen LogP contribution in [-0.2, 0) is 27.6 Å². The van der Waals surface area contributed by atoms with Crippen molar-refractivity contribution in [3.05, 3.63) is 70.4 Å². The lowest BCUT2D eigenvalue weighted by Crippen LogP contribution is -2.49. The van der Waals surface area contributed by atoms with Crippen LogP contribution >= 0.6 is 11.6 Å². The third-order valence-corrected chi connectivity index (χ3v) is 8.19. The molecule has 5 rings (SSSR count). The summed E-state index contributed by atoms with van der Waals surface area (Å²) in [6.07, 6.45) is 0.753. The molecule has 1 N–H and O–H groups in total. The number of hydrogen-bond donors (Lipinski definition) is 1. The zero-order valence-electron chi connectivity index (χ0n) is 17.1. The molecule has 2 aromatic carbocycles. The second-order valence-electron chi connectivity index (χ2n) is 8.28. The molecule has 8 heteroatoms. The topological polar surface area (TPSA) is 73.5 Å². The number of fused-ring (bicyclic) bond motifs is 3. The number of sulfone groups is 1. The number of rotatable bonds is 3. The predicted molar refractivity (Wildman–Crippen MR) is 122 cm³/mol. The standard InChI is InChI=1S/C23H24ClN3O3S/c24-17-6-7-20-18(14-17)19-15-27(9-8-21(19)25-20)23(28)22(16-4-2-1-3-5-16)26-10-12-31(29,30)13-11-26/h1-7,14,22,25H,8-13,15H2. The minimum Gasteiger partial charge on any atom is -0.358 e. The maximum absolute atomic E-state index is 13.8. The van der Waals surface area contributed by atoms with Crippen LogP contribution in [0.15, 0.2) is 48.5 Å². The zero-order valence-corrected chi connectivity index (χ0v) is 18.6. The maximum Gasteiger partial charge on any atom is 0.244 e. The Morgan fingerprint density at radius 3 is 2.52 bits per heavy atom. The molecule has 0 radical (unpaired) electrons. The smallest absolute Gasteiger partial charge is 0.244 e. The normalized spacial score (nSPS) is 19.8. The summed E-state index contributed by atoms with van der Waals surface area (Å²) >= 11 is 6.22. The Morgan fingerprint density at radius 1 is 1.03 bits per heavy atom. The van der Waals surface area contributed by atoms with Gasteiger partial charge >= 0.3 is 0 Å². The van der Waals surface area contributed by atoms with Gasteiger partial charge < -0.3 is 9.88 Å². The monoisotopic (exact) mass is 457 g/mol. The fourth-order valence-electron chi connectivity index (χ4n) is 4.68. The van der Waals surface area contributed by atoms with Crippen LogP contribution in [0.3, 0.4) is 0 Å². The zero-order chi connectivity index (χ0) is 21.6. The van der Waals surface area contributed by atoms with Crippen molar-refractivity contribution < 1.29 is 13.2 Å². The number of aromatic nitrogens is 1. The van der Waals surface area contributed by atoms with E-state index in [1.165, 1.54) is 0 Å². The van der Waals surface area contributed by atoms with Gasteiger partial charge in [0.25, 0.3) is 0 Å². The molecule has 6 nitrogen and oxygen atoms in total. The second kappa shape index (κ2) is 7.97. The van der Waals surface area contributed by atoms with Gasteiger partial charge in [0.1, 0.15) is 6.04 Å². The highest BCUT2D eigenvalue weighted by Gasteiger charge is 2.36. The fraction of sp³-hybridized carbons (Fsp3) is 0.348. The van der Waals surface area contributed by atoms with Crippen LogP contribution in [0.25, 0.3) is 10.9 Å². The molecular weight excluding hydrogens is 434 g/mol.